The first-order valence-corrected chi connectivity index (χ1v) is 13.2. The van der Waals surface area contributed by atoms with E-state index in [1.165, 1.54) is 11.1 Å². The van der Waals surface area contributed by atoms with Gasteiger partial charge in [0, 0.05) is 19.6 Å². The molecule has 36 heavy (non-hydrogen) atoms. The molecule has 2 saturated heterocycles. The molecular formula is C29H33N5O2. The van der Waals surface area contributed by atoms with Crippen LogP contribution in [0.4, 0.5) is 5.82 Å². The van der Waals surface area contributed by atoms with Gasteiger partial charge in [-0.2, -0.15) is 5.10 Å². The molecule has 6 rings (SSSR count). The van der Waals surface area contributed by atoms with Crippen molar-refractivity contribution in [2.45, 2.75) is 43.9 Å². The van der Waals surface area contributed by atoms with Crippen molar-refractivity contribution in [1.29, 1.82) is 0 Å². The van der Waals surface area contributed by atoms with Crippen LogP contribution in [0.2, 0.25) is 0 Å². The van der Waals surface area contributed by atoms with Gasteiger partial charge in [0.1, 0.15) is 11.4 Å². The fourth-order valence-electron chi connectivity index (χ4n) is 6.28. The smallest absolute Gasteiger partial charge is 0.259 e. The number of hydrogen-bond donors (Lipinski definition) is 2. The van der Waals surface area contributed by atoms with Crippen LogP contribution in [0.1, 0.15) is 53.6 Å². The predicted molar refractivity (Wildman–Crippen MR) is 139 cm³/mol. The zero-order valence-electron chi connectivity index (χ0n) is 20.6. The lowest BCUT2D eigenvalue weighted by atomic mass is 9.74. The van der Waals surface area contributed by atoms with E-state index in [9.17, 15) is 9.59 Å². The summed E-state index contributed by atoms with van der Waals surface area (Å²) in [6.45, 7) is 3.02. The van der Waals surface area contributed by atoms with E-state index in [-0.39, 0.29) is 23.1 Å². The van der Waals surface area contributed by atoms with Crippen LogP contribution in [0.25, 0.3) is 5.69 Å². The second-order valence-electron chi connectivity index (χ2n) is 10.4. The Balaban J connectivity index is 1.25. The third-order valence-electron chi connectivity index (χ3n) is 8.38. The van der Waals surface area contributed by atoms with Crippen LogP contribution in [0, 0.1) is 5.92 Å². The number of benzene rings is 2. The van der Waals surface area contributed by atoms with E-state index in [0.717, 1.165) is 50.8 Å². The van der Waals surface area contributed by atoms with Gasteiger partial charge < -0.3 is 15.5 Å². The minimum absolute atomic E-state index is 0.0598. The van der Waals surface area contributed by atoms with Gasteiger partial charge in [0.15, 0.2) is 0 Å². The molecule has 1 unspecified atom stereocenters. The molecule has 1 atom stereocenters. The first kappa shape index (κ1) is 23.0. The number of nitrogens with one attached hydrogen (secondary N) is 2. The van der Waals surface area contributed by atoms with Crippen LogP contribution in [-0.4, -0.2) is 52.7 Å². The Morgan fingerprint density at radius 2 is 1.78 bits per heavy atom. The Hall–Kier alpha value is -3.45. The fourth-order valence-corrected chi connectivity index (χ4v) is 6.28. The van der Waals surface area contributed by atoms with Crippen molar-refractivity contribution in [1.82, 2.24) is 20.0 Å². The molecule has 3 heterocycles. The van der Waals surface area contributed by atoms with Gasteiger partial charge in [0.25, 0.3) is 5.91 Å². The average molecular weight is 484 g/mol. The van der Waals surface area contributed by atoms with Crippen molar-refractivity contribution in [3.63, 3.8) is 0 Å². The quantitative estimate of drug-likeness (QED) is 0.589. The maximum absolute atomic E-state index is 13.8. The summed E-state index contributed by atoms with van der Waals surface area (Å²) in [5, 5.41) is 10.9. The largest absolute Gasteiger partial charge is 0.338 e. The summed E-state index contributed by atoms with van der Waals surface area (Å²) in [5.41, 5.74) is 4.39. The van der Waals surface area contributed by atoms with E-state index in [4.69, 9.17) is 0 Å². The molecule has 7 heteroatoms. The van der Waals surface area contributed by atoms with Crippen molar-refractivity contribution >= 4 is 17.6 Å². The summed E-state index contributed by atoms with van der Waals surface area (Å²) in [4.78, 5) is 28.9. The van der Waals surface area contributed by atoms with Gasteiger partial charge in [-0.3, -0.25) is 9.59 Å². The van der Waals surface area contributed by atoms with Gasteiger partial charge in [-0.25, -0.2) is 4.68 Å². The molecule has 0 saturated carbocycles. The van der Waals surface area contributed by atoms with Gasteiger partial charge in [-0.1, -0.05) is 42.5 Å². The molecule has 2 N–H and O–H groups in total. The number of nitrogens with zero attached hydrogens (tertiary/aromatic N) is 3. The third-order valence-corrected chi connectivity index (χ3v) is 8.38. The Morgan fingerprint density at radius 1 is 1.00 bits per heavy atom. The van der Waals surface area contributed by atoms with Gasteiger partial charge in [-0.15, -0.1) is 0 Å². The Kier molecular flexibility index (Phi) is 6.09. The van der Waals surface area contributed by atoms with Gasteiger partial charge in [0.2, 0.25) is 5.91 Å². The lowest BCUT2D eigenvalue weighted by Crippen LogP contribution is -2.44. The molecule has 2 fully saturated rings. The maximum atomic E-state index is 13.8. The molecule has 1 aromatic heterocycles. The molecule has 1 aliphatic carbocycles. The highest BCUT2D eigenvalue weighted by molar-refractivity contribution is 6.03. The fraction of sp³-hybridized carbons (Fsp3) is 0.414. The number of aryl methyl sites for hydroxylation is 1. The molecule has 3 aromatic rings. The molecule has 7 nitrogen and oxygen atoms in total. The van der Waals surface area contributed by atoms with Gasteiger partial charge >= 0.3 is 0 Å². The molecule has 0 bridgehead atoms. The van der Waals surface area contributed by atoms with E-state index in [2.05, 4.69) is 40.0 Å². The highest BCUT2D eigenvalue weighted by Crippen LogP contribution is 2.46. The Labute approximate surface area is 211 Å². The lowest BCUT2D eigenvalue weighted by Gasteiger charge is -2.40. The van der Waals surface area contributed by atoms with Crippen molar-refractivity contribution < 1.29 is 9.59 Å². The monoisotopic (exact) mass is 483 g/mol. The van der Waals surface area contributed by atoms with Crippen LogP contribution in [-0.2, 0) is 16.6 Å². The number of fused-ring (bicyclic) bond motifs is 2. The topological polar surface area (TPSA) is 79.3 Å². The van der Waals surface area contributed by atoms with Crippen molar-refractivity contribution in [3.8, 4) is 5.69 Å². The minimum Gasteiger partial charge on any atom is -0.338 e. The number of anilines is 1. The zero-order valence-corrected chi connectivity index (χ0v) is 20.6. The number of carbonyl (C=O) groups excluding carboxylic acids is 2. The predicted octanol–water partition coefficient (Wildman–Crippen LogP) is 3.93. The van der Waals surface area contributed by atoms with E-state index < -0.39 is 0 Å². The molecule has 2 aromatic carbocycles. The number of aromatic nitrogens is 2. The number of para-hydroxylation sites is 1. The second-order valence-corrected chi connectivity index (χ2v) is 10.4. The van der Waals surface area contributed by atoms with E-state index in [1.807, 2.05) is 35.2 Å². The first-order chi connectivity index (χ1) is 17.6. The number of rotatable bonds is 4. The first-order valence-electron chi connectivity index (χ1n) is 13.2. The number of piperidine rings is 2. The van der Waals surface area contributed by atoms with Crippen LogP contribution in [0.15, 0.2) is 60.8 Å². The van der Waals surface area contributed by atoms with E-state index >= 15 is 0 Å². The van der Waals surface area contributed by atoms with Crippen LogP contribution >= 0.6 is 0 Å². The highest BCUT2D eigenvalue weighted by atomic mass is 16.2. The van der Waals surface area contributed by atoms with Gasteiger partial charge in [0.05, 0.1) is 17.8 Å². The standard InChI is InChI=1S/C29H33N5O2/c35-27(22-8-6-16-30-19-22)32-26-24(20-31-34(26)23-9-2-1-3-10-23)28(36)33-17-14-29(15-18-33)13-12-21-7-4-5-11-25(21)29/h1-5,7,9-11,20,22,30H,6,8,12-19H2,(H,32,35). The SMILES string of the molecule is O=C(Nc1c(C(=O)N2CCC3(CCc4ccccc43)CC2)cnn1-c1ccccc1)C1CCCNC1. The Morgan fingerprint density at radius 3 is 2.56 bits per heavy atom. The van der Waals surface area contributed by atoms with Crippen molar-refractivity contribution in [2.75, 3.05) is 31.5 Å². The molecule has 0 radical (unpaired) electrons. The number of amides is 2. The maximum Gasteiger partial charge on any atom is 0.259 e. The average Bonchev–Trinajstić information content (AvgIpc) is 3.52. The van der Waals surface area contributed by atoms with Crippen molar-refractivity contribution in [2.24, 2.45) is 5.92 Å². The Bertz CT molecular complexity index is 1250. The van der Waals surface area contributed by atoms with Crippen molar-refractivity contribution in [3.05, 3.63) is 77.5 Å². The number of carbonyl (C=O) groups is 2. The third kappa shape index (κ3) is 4.11. The van der Waals surface area contributed by atoms with Crippen LogP contribution in [0.3, 0.4) is 0 Å². The number of likely N-dealkylation sites (tertiary alicyclic amines) is 1. The summed E-state index contributed by atoms with van der Waals surface area (Å²) >= 11 is 0. The highest BCUT2D eigenvalue weighted by Gasteiger charge is 2.42. The molecule has 2 aliphatic heterocycles. The molecular weight excluding hydrogens is 450 g/mol. The summed E-state index contributed by atoms with van der Waals surface area (Å²) in [5.74, 6) is 0.232. The molecule has 1 spiro atoms. The molecule has 3 aliphatic rings. The van der Waals surface area contributed by atoms with Crippen LogP contribution < -0.4 is 10.6 Å². The molecule has 186 valence electrons. The zero-order chi connectivity index (χ0) is 24.5. The minimum atomic E-state index is -0.113. The normalized spacial score (nSPS) is 20.8. The second kappa shape index (κ2) is 9.54. The van der Waals surface area contributed by atoms with E-state index in [0.29, 0.717) is 31.0 Å². The van der Waals surface area contributed by atoms with Gasteiger partial charge in [-0.05, 0) is 73.7 Å². The molecule has 2 amide bonds. The number of hydrogen-bond acceptors (Lipinski definition) is 4. The summed E-state index contributed by atoms with van der Waals surface area (Å²) in [6.07, 6.45) is 7.66. The summed E-state index contributed by atoms with van der Waals surface area (Å²) in [7, 11) is 0. The van der Waals surface area contributed by atoms with E-state index in [1.54, 1.807) is 10.9 Å². The lowest BCUT2D eigenvalue weighted by molar-refractivity contribution is -0.120. The van der Waals surface area contributed by atoms with Crippen LogP contribution in [0.5, 0.6) is 0 Å². The summed E-state index contributed by atoms with van der Waals surface area (Å²) in [6, 6.07) is 18.4. The summed E-state index contributed by atoms with van der Waals surface area (Å²) < 4.78 is 1.68.